The van der Waals surface area contributed by atoms with Crippen LogP contribution in [-0.4, -0.2) is 16.5 Å². The molecular weight excluding hydrogens is 232 g/mol. The first kappa shape index (κ1) is 10.8. The average molecular weight is 246 g/mol. The fourth-order valence-corrected chi connectivity index (χ4v) is 3.14. The number of aromatic nitrogens is 2. The molecular formula is C12H14N4S. The zero-order chi connectivity index (χ0) is 11.7. The molecule has 88 valence electrons. The van der Waals surface area contributed by atoms with Gasteiger partial charge in [0.15, 0.2) is 0 Å². The third kappa shape index (κ3) is 2.09. The highest BCUT2D eigenvalue weighted by molar-refractivity contribution is 7.15. The van der Waals surface area contributed by atoms with Crippen LogP contribution in [0, 0.1) is 6.92 Å². The molecule has 3 heterocycles. The Morgan fingerprint density at radius 1 is 1.41 bits per heavy atom. The largest absolute Gasteiger partial charge is 0.257 e. The summed E-state index contributed by atoms with van der Waals surface area (Å²) in [5.74, 6) is 0. The highest BCUT2D eigenvalue weighted by atomic mass is 32.1. The molecule has 0 aromatic carbocycles. The van der Waals surface area contributed by atoms with E-state index in [4.69, 9.17) is 0 Å². The Balaban J connectivity index is 1.95. The molecule has 0 saturated carbocycles. The quantitative estimate of drug-likeness (QED) is 0.851. The molecule has 1 unspecified atom stereocenters. The minimum absolute atomic E-state index is 0.393. The molecule has 0 aliphatic carbocycles. The van der Waals surface area contributed by atoms with Gasteiger partial charge < -0.3 is 0 Å². The van der Waals surface area contributed by atoms with E-state index in [2.05, 4.69) is 27.7 Å². The summed E-state index contributed by atoms with van der Waals surface area (Å²) in [5.41, 5.74) is 8.50. The van der Waals surface area contributed by atoms with E-state index in [0.717, 1.165) is 29.4 Å². The Bertz CT molecular complexity index is 502. The highest BCUT2D eigenvalue weighted by Crippen LogP contribution is 2.32. The summed E-state index contributed by atoms with van der Waals surface area (Å²) in [4.78, 5) is 10.3. The van der Waals surface area contributed by atoms with Gasteiger partial charge in [0.1, 0.15) is 5.01 Å². The standard InChI is InChI=1S/C12H14N4S/c1-8-11(9-5-7-14-16-9)17-12(15-8)10-4-2-3-6-13-10/h2-4,6,9,14,16H,5,7H2,1H3. The lowest BCUT2D eigenvalue weighted by Gasteiger charge is -2.06. The van der Waals surface area contributed by atoms with Gasteiger partial charge in [-0.1, -0.05) is 6.07 Å². The van der Waals surface area contributed by atoms with E-state index < -0.39 is 0 Å². The van der Waals surface area contributed by atoms with Crippen molar-refractivity contribution in [3.63, 3.8) is 0 Å². The average Bonchev–Trinajstić information content (AvgIpc) is 2.99. The van der Waals surface area contributed by atoms with Gasteiger partial charge in [0.2, 0.25) is 0 Å². The highest BCUT2D eigenvalue weighted by Gasteiger charge is 2.21. The molecule has 1 atom stereocenters. The maximum atomic E-state index is 4.61. The van der Waals surface area contributed by atoms with Crippen molar-refractivity contribution in [3.8, 4) is 10.7 Å². The minimum Gasteiger partial charge on any atom is -0.257 e. The van der Waals surface area contributed by atoms with Crippen molar-refractivity contribution < 1.29 is 0 Å². The number of thiazole rings is 1. The molecule has 0 spiro atoms. The molecule has 1 saturated heterocycles. The molecule has 4 nitrogen and oxygen atoms in total. The lowest BCUT2D eigenvalue weighted by atomic mass is 10.2. The van der Waals surface area contributed by atoms with Crippen LogP contribution in [0.4, 0.5) is 0 Å². The van der Waals surface area contributed by atoms with Gasteiger partial charge in [0.05, 0.1) is 17.4 Å². The second-order valence-corrected chi connectivity index (χ2v) is 5.13. The van der Waals surface area contributed by atoms with Gasteiger partial charge >= 0.3 is 0 Å². The van der Waals surface area contributed by atoms with Crippen LogP contribution in [-0.2, 0) is 0 Å². The molecule has 0 radical (unpaired) electrons. The number of nitrogens with one attached hydrogen (secondary N) is 2. The van der Waals surface area contributed by atoms with Crippen LogP contribution in [0.25, 0.3) is 10.7 Å². The minimum atomic E-state index is 0.393. The summed E-state index contributed by atoms with van der Waals surface area (Å²) in [6, 6.07) is 6.31. The van der Waals surface area contributed by atoms with Crippen molar-refractivity contribution in [3.05, 3.63) is 35.0 Å². The second-order valence-electron chi connectivity index (χ2n) is 4.10. The first-order valence-corrected chi connectivity index (χ1v) is 6.53. The van der Waals surface area contributed by atoms with Gasteiger partial charge in [-0.25, -0.2) is 10.4 Å². The van der Waals surface area contributed by atoms with Crippen molar-refractivity contribution in [2.75, 3.05) is 6.54 Å². The molecule has 2 aromatic heterocycles. The van der Waals surface area contributed by atoms with E-state index in [1.54, 1.807) is 17.5 Å². The maximum Gasteiger partial charge on any atom is 0.142 e. The van der Waals surface area contributed by atoms with E-state index in [1.807, 2.05) is 18.2 Å². The fraction of sp³-hybridized carbons (Fsp3) is 0.333. The third-order valence-corrected chi connectivity index (χ3v) is 4.16. The molecule has 17 heavy (non-hydrogen) atoms. The van der Waals surface area contributed by atoms with Crippen LogP contribution < -0.4 is 10.9 Å². The number of hydrogen-bond acceptors (Lipinski definition) is 5. The number of rotatable bonds is 2. The van der Waals surface area contributed by atoms with Crippen LogP contribution in [0.2, 0.25) is 0 Å². The molecule has 2 N–H and O–H groups in total. The lowest BCUT2D eigenvalue weighted by Crippen LogP contribution is -2.24. The number of aryl methyl sites for hydroxylation is 1. The van der Waals surface area contributed by atoms with E-state index >= 15 is 0 Å². The van der Waals surface area contributed by atoms with Crippen LogP contribution >= 0.6 is 11.3 Å². The third-order valence-electron chi connectivity index (χ3n) is 2.87. The maximum absolute atomic E-state index is 4.61. The predicted molar refractivity (Wildman–Crippen MR) is 68.6 cm³/mol. The first-order valence-electron chi connectivity index (χ1n) is 5.72. The van der Waals surface area contributed by atoms with Crippen LogP contribution in [0.3, 0.4) is 0 Å². The summed E-state index contributed by atoms with van der Waals surface area (Å²) < 4.78 is 0. The normalized spacial score (nSPS) is 19.7. The second kappa shape index (κ2) is 4.52. The molecule has 0 bridgehead atoms. The Hall–Kier alpha value is -1.30. The molecule has 0 amide bonds. The van der Waals surface area contributed by atoms with Crippen LogP contribution in [0.5, 0.6) is 0 Å². The van der Waals surface area contributed by atoms with Crippen LogP contribution in [0.15, 0.2) is 24.4 Å². The number of pyridine rings is 1. The Morgan fingerprint density at radius 2 is 2.35 bits per heavy atom. The number of nitrogens with zero attached hydrogens (tertiary/aromatic N) is 2. The Labute approximate surface area is 104 Å². The summed E-state index contributed by atoms with van der Waals surface area (Å²) in [6.07, 6.45) is 2.92. The van der Waals surface area contributed by atoms with Crippen molar-refractivity contribution in [2.24, 2.45) is 0 Å². The zero-order valence-electron chi connectivity index (χ0n) is 9.60. The summed E-state index contributed by atoms with van der Waals surface area (Å²) in [5, 5.41) is 1.01. The molecule has 2 aromatic rings. The number of hydrazine groups is 1. The fourth-order valence-electron chi connectivity index (χ4n) is 2.01. The van der Waals surface area contributed by atoms with E-state index in [0.29, 0.717) is 6.04 Å². The van der Waals surface area contributed by atoms with Gasteiger partial charge in [0, 0.05) is 17.6 Å². The summed E-state index contributed by atoms with van der Waals surface area (Å²) >= 11 is 1.73. The zero-order valence-corrected chi connectivity index (χ0v) is 10.4. The lowest BCUT2D eigenvalue weighted by molar-refractivity contribution is 0.585. The van der Waals surface area contributed by atoms with Gasteiger partial charge in [-0.2, -0.15) is 0 Å². The van der Waals surface area contributed by atoms with Gasteiger partial charge in [-0.3, -0.25) is 10.4 Å². The Kier molecular flexibility index (Phi) is 2.88. The number of hydrogen-bond donors (Lipinski definition) is 2. The SMILES string of the molecule is Cc1nc(-c2ccccn2)sc1C1CCNN1. The monoisotopic (exact) mass is 246 g/mol. The van der Waals surface area contributed by atoms with E-state index in [9.17, 15) is 0 Å². The van der Waals surface area contributed by atoms with Crippen LogP contribution in [0.1, 0.15) is 23.0 Å². The topological polar surface area (TPSA) is 49.8 Å². The van der Waals surface area contributed by atoms with Crippen molar-refractivity contribution in [1.82, 2.24) is 20.8 Å². The van der Waals surface area contributed by atoms with E-state index in [1.165, 1.54) is 4.88 Å². The van der Waals surface area contributed by atoms with Crippen molar-refractivity contribution in [2.45, 2.75) is 19.4 Å². The van der Waals surface area contributed by atoms with E-state index in [-0.39, 0.29) is 0 Å². The molecule has 1 aliphatic heterocycles. The smallest absolute Gasteiger partial charge is 0.142 e. The van der Waals surface area contributed by atoms with Gasteiger partial charge in [-0.15, -0.1) is 11.3 Å². The first-order chi connectivity index (χ1) is 8.34. The van der Waals surface area contributed by atoms with Crippen molar-refractivity contribution >= 4 is 11.3 Å². The predicted octanol–water partition coefficient (Wildman–Crippen LogP) is 2.05. The molecule has 1 aliphatic rings. The molecule has 3 rings (SSSR count). The molecule has 5 heteroatoms. The summed E-state index contributed by atoms with van der Waals surface area (Å²) in [6.45, 7) is 3.08. The van der Waals surface area contributed by atoms with Crippen molar-refractivity contribution in [1.29, 1.82) is 0 Å². The van der Waals surface area contributed by atoms with Gasteiger partial charge in [0.25, 0.3) is 0 Å². The Morgan fingerprint density at radius 3 is 3.06 bits per heavy atom. The van der Waals surface area contributed by atoms with Gasteiger partial charge in [-0.05, 0) is 25.5 Å². The molecule has 1 fully saturated rings. The summed E-state index contributed by atoms with van der Waals surface area (Å²) in [7, 11) is 0.